The highest BCUT2D eigenvalue weighted by Gasteiger charge is 2.28. The first kappa shape index (κ1) is 17.2. The summed E-state index contributed by atoms with van der Waals surface area (Å²) in [6.07, 6.45) is 11.3. The zero-order valence-electron chi connectivity index (χ0n) is 14.8. The molecule has 0 spiro atoms. The molecule has 0 aromatic rings. The second kappa shape index (κ2) is 8.48. The van der Waals surface area contributed by atoms with Gasteiger partial charge in [0.2, 0.25) is 5.91 Å². The number of piperidine rings is 2. The number of nitrogens with zero attached hydrogens (tertiary/aromatic N) is 1. The first-order chi connectivity index (χ1) is 11.2. The smallest absolute Gasteiger partial charge is 0.222 e. The molecule has 3 aliphatic rings. The van der Waals surface area contributed by atoms with E-state index in [0.717, 1.165) is 51.4 Å². The molecule has 2 heterocycles. The van der Waals surface area contributed by atoms with Gasteiger partial charge in [-0.15, -0.1) is 0 Å². The fourth-order valence-corrected chi connectivity index (χ4v) is 4.52. The highest BCUT2D eigenvalue weighted by atomic mass is 16.5. The molecule has 4 heteroatoms. The molecule has 23 heavy (non-hydrogen) atoms. The molecule has 2 aliphatic heterocycles. The van der Waals surface area contributed by atoms with E-state index < -0.39 is 0 Å². The highest BCUT2D eigenvalue weighted by Crippen LogP contribution is 2.27. The van der Waals surface area contributed by atoms with Gasteiger partial charge in [-0.1, -0.05) is 19.8 Å². The van der Waals surface area contributed by atoms with Crippen LogP contribution < -0.4 is 5.32 Å². The fraction of sp³-hybridized carbons (Fsp3) is 0.947. The molecule has 1 atom stereocenters. The Labute approximate surface area is 141 Å². The number of rotatable bonds is 5. The highest BCUT2D eigenvalue weighted by molar-refractivity contribution is 5.76. The Morgan fingerprint density at radius 3 is 2.30 bits per heavy atom. The summed E-state index contributed by atoms with van der Waals surface area (Å²) in [7, 11) is 0. The lowest BCUT2D eigenvalue weighted by molar-refractivity contribution is -0.136. The molecule has 0 aromatic heterocycles. The van der Waals surface area contributed by atoms with Crippen molar-refractivity contribution in [3.63, 3.8) is 0 Å². The number of hydrogen-bond acceptors (Lipinski definition) is 3. The molecular formula is C19H34N2O2. The summed E-state index contributed by atoms with van der Waals surface area (Å²) < 4.78 is 6.21. The minimum absolute atomic E-state index is 0.371. The van der Waals surface area contributed by atoms with Crippen LogP contribution in [0.2, 0.25) is 0 Å². The van der Waals surface area contributed by atoms with Crippen molar-refractivity contribution < 1.29 is 9.53 Å². The van der Waals surface area contributed by atoms with Crippen LogP contribution in [0.3, 0.4) is 0 Å². The third-order valence-corrected chi connectivity index (χ3v) is 6.17. The molecule has 2 saturated heterocycles. The van der Waals surface area contributed by atoms with Crippen molar-refractivity contribution in [1.82, 2.24) is 10.2 Å². The molecule has 0 radical (unpaired) electrons. The number of carbonyl (C=O) groups excluding carboxylic acids is 1. The van der Waals surface area contributed by atoms with Gasteiger partial charge in [-0.25, -0.2) is 0 Å². The molecule has 3 fully saturated rings. The Kier molecular flexibility index (Phi) is 6.35. The van der Waals surface area contributed by atoms with Gasteiger partial charge in [0.05, 0.1) is 12.2 Å². The third kappa shape index (κ3) is 4.93. The summed E-state index contributed by atoms with van der Waals surface area (Å²) in [6.45, 7) is 6.30. The first-order valence-electron chi connectivity index (χ1n) is 9.86. The minimum Gasteiger partial charge on any atom is -0.375 e. The topological polar surface area (TPSA) is 41.6 Å². The lowest BCUT2D eigenvalue weighted by Crippen LogP contribution is -2.42. The number of carbonyl (C=O) groups is 1. The van der Waals surface area contributed by atoms with E-state index in [1.54, 1.807) is 0 Å². The first-order valence-corrected chi connectivity index (χ1v) is 9.86. The van der Waals surface area contributed by atoms with Gasteiger partial charge < -0.3 is 15.0 Å². The molecule has 1 amide bonds. The zero-order valence-corrected chi connectivity index (χ0v) is 14.8. The van der Waals surface area contributed by atoms with E-state index in [2.05, 4.69) is 17.1 Å². The van der Waals surface area contributed by atoms with E-state index in [0.29, 0.717) is 24.0 Å². The van der Waals surface area contributed by atoms with Gasteiger partial charge >= 0.3 is 0 Å². The molecule has 1 aliphatic carbocycles. The zero-order chi connectivity index (χ0) is 16.1. The summed E-state index contributed by atoms with van der Waals surface area (Å²) in [6, 6.07) is 0. The van der Waals surface area contributed by atoms with Gasteiger partial charge in [0.15, 0.2) is 0 Å². The van der Waals surface area contributed by atoms with E-state index in [-0.39, 0.29) is 0 Å². The Morgan fingerprint density at radius 1 is 1.04 bits per heavy atom. The average Bonchev–Trinajstić information content (AvgIpc) is 3.09. The average molecular weight is 322 g/mol. The Balaban J connectivity index is 1.37. The quantitative estimate of drug-likeness (QED) is 0.846. The van der Waals surface area contributed by atoms with E-state index in [1.807, 2.05) is 0 Å². The van der Waals surface area contributed by atoms with Crippen LogP contribution in [0.4, 0.5) is 0 Å². The predicted octanol–water partition coefficient (Wildman–Crippen LogP) is 2.96. The van der Waals surface area contributed by atoms with Crippen molar-refractivity contribution in [2.24, 2.45) is 11.8 Å². The van der Waals surface area contributed by atoms with Crippen LogP contribution in [0.5, 0.6) is 0 Å². The van der Waals surface area contributed by atoms with Crippen LogP contribution in [-0.4, -0.2) is 49.2 Å². The molecule has 1 saturated carbocycles. The summed E-state index contributed by atoms with van der Waals surface area (Å²) in [5.41, 5.74) is 0. The maximum atomic E-state index is 12.6. The third-order valence-electron chi connectivity index (χ3n) is 6.17. The summed E-state index contributed by atoms with van der Waals surface area (Å²) in [5.74, 6) is 1.62. The molecule has 1 N–H and O–H groups in total. The van der Waals surface area contributed by atoms with Crippen molar-refractivity contribution in [3.05, 3.63) is 0 Å². The Morgan fingerprint density at radius 2 is 1.65 bits per heavy atom. The van der Waals surface area contributed by atoms with Gasteiger partial charge in [-0.3, -0.25) is 4.79 Å². The van der Waals surface area contributed by atoms with E-state index >= 15 is 0 Å². The van der Waals surface area contributed by atoms with Crippen LogP contribution in [0.1, 0.15) is 64.7 Å². The molecule has 4 nitrogen and oxygen atoms in total. The number of amides is 1. The van der Waals surface area contributed by atoms with Crippen LogP contribution in [0.15, 0.2) is 0 Å². The molecular weight excluding hydrogens is 288 g/mol. The second-order valence-electron chi connectivity index (χ2n) is 7.89. The normalized spacial score (nSPS) is 26.6. The predicted molar refractivity (Wildman–Crippen MR) is 92.3 cm³/mol. The number of ether oxygens (including phenoxy) is 1. The van der Waals surface area contributed by atoms with Crippen molar-refractivity contribution >= 4 is 5.91 Å². The summed E-state index contributed by atoms with van der Waals surface area (Å²) >= 11 is 0. The number of nitrogens with one attached hydrogen (secondary N) is 1. The lowest BCUT2D eigenvalue weighted by atomic mass is 9.84. The molecule has 132 valence electrons. The van der Waals surface area contributed by atoms with Crippen molar-refractivity contribution in [1.29, 1.82) is 0 Å². The van der Waals surface area contributed by atoms with E-state index in [1.165, 1.54) is 38.5 Å². The summed E-state index contributed by atoms with van der Waals surface area (Å²) in [5, 5.41) is 3.41. The molecule has 0 aromatic carbocycles. The SMILES string of the molecule is CC(CC(=O)N1CCC(OC2CCCC2)CC1)C1CCNCC1. The summed E-state index contributed by atoms with van der Waals surface area (Å²) in [4.78, 5) is 14.7. The second-order valence-corrected chi connectivity index (χ2v) is 7.89. The largest absolute Gasteiger partial charge is 0.375 e. The van der Waals surface area contributed by atoms with Gasteiger partial charge in [0.1, 0.15) is 0 Å². The van der Waals surface area contributed by atoms with E-state index in [9.17, 15) is 4.79 Å². The molecule has 1 unspecified atom stereocenters. The van der Waals surface area contributed by atoms with Gasteiger partial charge in [0, 0.05) is 19.5 Å². The maximum absolute atomic E-state index is 12.6. The van der Waals surface area contributed by atoms with Gasteiger partial charge in [0.25, 0.3) is 0 Å². The van der Waals surface area contributed by atoms with Crippen LogP contribution in [0, 0.1) is 11.8 Å². The van der Waals surface area contributed by atoms with Crippen molar-refractivity contribution in [3.8, 4) is 0 Å². The minimum atomic E-state index is 0.371. The van der Waals surface area contributed by atoms with Crippen LogP contribution in [-0.2, 0) is 9.53 Å². The fourth-order valence-electron chi connectivity index (χ4n) is 4.52. The van der Waals surface area contributed by atoms with Gasteiger partial charge in [-0.2, -0.15) is 0 Å². The molecule has 3 rings (SSSR count). The molecule has 0 bridgehead atoms. The Bertz CT molecular complexity index is 368. The van der Waals surface area contributed by atoms with Crippen molar-refractivity contribution in [2.45, 2.75) is 76.9 Å². The Hall–Kier alpha value is -0.610. The van der Waals surface area contributed by atoms with Crippen LogP contribution in [0.25, 0.3) is 0 Å². The number of hydrogen-bond donors (Lipinski definition) is 1. The number of likely N-dealkylation sites (tertiary alicyclic amines) is 1. The van der Waals surface area contributed by atoms with Crippen molar-refractivity contribution in [2.75, 3.05) is 26.2 Å². The standard InChI is InChI=1S/C19H34N2O2/c1-15(16-6-10-20-11-7-16)14-19(22)21-12-8-18(9-13-21)23-17-4-2-3-5-17/h15-18,20H,2-14H2,1H3. The lowest BCUT2D eigenvalue weighted by Gasteiger charge is -2.35. The van der Waals surface area contributed by atoms with Crippen LogP contribution >= 0.6 is 0 Å². The maximum Gasteiger partial charge on any atom is 0.222 e. The monoisotopic (exact) mass is 322 g/mol. The van der Waals surface area contributed by atoms with E-state index in [4.69, 9.17) is 4.74 Å². The van der Waals surface area contributed by atoms with Gasteiger partial charge in [-0.05, 0) is 63.5 Å².